The minimum absolute atomic E-state index is 0.227. The maximum atomic E-state index is 2.26. The van der Waals surface area contributed by atoms with Crippen molar-refractivity contribution in [3.63, 3.8) is 0 Å². The first-order valence-electron chi connectivity index (χ1n) is 2.24. The third-order valence-corrected chi connectivity index (χ3v) is 7.32. The molecule has 0 amide bonds. The Kier molecular flexibility index (Phi) is 3.55. The monoisotopic (exact) mass is 240 g/mol. The quantitative estimate of drug-likeness (QED) is 0.621. The van der Waals surface area contributed by atoms with E-state index in [0.29, 0.717) is 0 Å². The average molecular weight is 239 g/mol. The first kappa shape index (κ1) is 5.82. The Balaban J connectivity index is 2.00. The molecular formula is C4H8SSm. The van der Waals surface area contributed by atoms with E-state index in [2.05, 4.69) is 5.77 Å². The molecule has 0 unspecified atom stereocenters. The van der Waals surface area contributed by atoms with E-state index in [1.165, 1.54) is 12.2 Å². The molecule has 6 heavy (non-hydrogen) atoms. The van der Waals surface area contributed by atoms with Crippen LogP contribution in [-0.4, -0.2) is 5.75 Å². The zero-order chi connectivity index (χ0) is 4.24. The van der Waals surface area contributed by atoms with Crippen LogP contribution in [0.15, 0.2) is 0 Å². The van der Waals surface area contributed by atoms with Crippen molar-refractivity contribution >= 4 is 5.77 Å². The van der Waals surface area contributed by atoms with Gasteiger partial charge in [0.05, 0.1) is 0 Å². The van der Waals surface area contributed by atoms with Crippen LogP contribution in [0.3, 0.4) is 0 Å². The van der Waals surface area contributed by atoms with Gasteiger partial charge in [-0.15, -0.1) is 0 Å². The summed E-state index contributed by atoms with van der Waals surface area (Å²) >= 11 is 0.227. The molecule has 1 saturated heterocycles. The maximum absolute atomic E-state index is 2.26. The Bertz CT molecular complexity index is 23.0. The van der Waals surface area contributed by atoms with Gasteiger partial charge in [-0.1, -0.05) is 0 Å². The van der Waals surface area contributed by atoms with Gasteiger partial charge in [0, 0.05) is 0 Å². The molecule has 2 heteroatoms. The third-order valence-electron chi connectivity index (χ3n) is 0.789. The van der Waals surface area contributed by atoms with E-state index < -0.39 is 0 Å². The van der Waals surface area contributed by atoms with Crippen LogP contribution in [0.1, 0.15) is 12.8 Å². The Labute approximate surface area is 59.9 Å². The minimum atomic E-state index is 0.227. The first-order chi connectivity index (χ1) is 3.00. The predicted octanol–water partition coefficient (Wildman–Crippen LogP) is 1.93. The van der Waals surface area contributed by atoms with Crippen molar-refractivity contribution < 1.29 is 34.4 Å². The van der Waals surface area contributed by atoms with Crippen LogP contribution in [0, 0.1) is 34.4 Å². The van der Waals surface area contributed by atoms with Crippen molar-refractivity contribution in [2.45, 2.75) is 15.0 Å². The molecule has 0 spiro atoms. The molecule has 1 aliphatic heterocycles. The molecule has 0 bridgehead atoms. The normalized spacial score (nSPS) is 24.0. The van der Waals surface area contributed by atoms with Crippen molar-refractivity contribution in [2.75, 3.05) is 5.75 Å². The summed E-state index contributed by atoms with van der Waals surface area (Å²) < 4.78 is 1.63. The predicted molar refractivity (Wildman–Crippen MR) is 26.5 cm³/mol. The molecule has 0 aromatic rings. The standard InChI is InChI=1S/C4H9S.Sm/c1-2-3-4-5;/h5H,1-4H2;/q;+1/p-1. The topological polar surface area (TPSA) is 0 Å². The first-order valence-corrected chi connectivity index (χ1v) is 8.21. The summed E-state index contributed by atoms with van der Waals surface area (Å²) in [5, 5.41) is 0. The summed E-state index contributed by atoms with van der Waals surface area (Å²) in [5.74, 6) is 3.75. The second-order valence-corrected chi connectivity index (χ2v) is 8.08. The van der Waals surface area contributed by atoms with Gasteiger partial charge >= 0.3 is 60.9 Å². The molecule has 0 aromatic heterocycles. The van der Waals surface area contributed by atoms with Gasteiger partial charge in [-0.3, -0.25) is 0 Å². The molecule has 0 N–H and O–H groups in total. The number of hydrogen-bond donors (Lipinski definition) is 0. The average Bonchev–Trinajstić information content (AvgIpc) is 1.72. The number of hydrogen-bond acceptors (Lipinski definition) is 1. The van der Waals surface area contributed by atoms with E-state index >= 15 is 0 Å². The molecule has 36 valence electrons. The summed E-state index contributed by atoms with van der Waals surface area (Å²) in [6.07, 6.45) is 3.06. The summed E-state index contributed by atoms with van der Waals surface area (Å²) in [6, 6.07) is 0. The second-order valence-electron chi connectivity index (χ2n) is 1.35. The van der Waals surface area contributed by atoms with Crippen LogP contribution in [-0.2, 0) is 0 Å². The van der Waals surface area contributed by atoms with Crippen molar-refractivity contribution in [2.24, 2.45) is 0 Å². The molecule has 0 radical (unpaired) electrons. The van der Waals surface area contributed by atoms with Crippen LogP contribution in [0.25, 0.3) is 0 Å². The Morgan fingerprint density at radius 1 is 1.33 bits per heavy atom. The molecule has 1 aliphatic rings. The van der Waals surface area contributed by atoms with E-state index in [4.69, 9.17) is 0 Å². The van der Waals surface area contributed by atoms with Gasteiger partial charge in [-0.2, -0.15) is 0 Å². The molecule has 1 heterocycles. The molecule has 1 fully saturated rings. The molecule has 0 saturated carbocycles. The third kappa shape index (κ3) is 2.11. The van der Waals surface area contributed by atoms with Gasteiger partial charge in [0.15, 0.2) is 0 Å². The zero-order valence-corrected chi connectivity index (χ0v) is 7.08. The van der Waals surface area contributed by atoms with Crippen LogP contribution >= 0.6 is 5.77 Å². The van der Waals surface area contributed by atoms with Gasteiger partial charge in [0.25, 0.3) is 0 Å². The van der Waals surface area contributed by atoms with Crippen LogP contribution in [0.5, 0.6) is 0 Å². The summed E-state index contributed by atoms with van der Waals surface area (Å²) in [7, 11) is 0. The van der Waals surface area contributed by atoms with E-state index in [0.717, 1.165) is 0 Å². The molecule has 0 aliphatic carbocycles. The van der Waals surface area contributed by atoms with E-state index in [-0.39, 0.29) is 34.4 Å². The molecular weight excluding hydrogens is 230 g/mol. The molecule has 0 aromatic carbocycles. The Morgan fingerprint density at radius 2 is 2.33 bits per heavy atom. The van der Waals surface area contributed by atoms with Gasteiger partial charge in [-0.05, 0) is 0 Å². The molecule has 1 rings (SSSR count). The second kappa shape index (κ2) is 3.66. The summed E-state index contributed by atoms with van der Waals surface area (Å²) in [4.78, 5) is 0. The number of rotatable bonds is 0. The van der Waals surface area contributed by atoms with Crippen molar-refractivity contribution in [1.29, 1.82) is 0 Å². The van der Waals surface area contributed by atoms with Gasteiger partial charge in [0.1, 0.15) is 0 Å². The Hall–Kier alpha value is 1.69. The van der Waals surface area contributed by atoms with Crippen LogP contribution in [0.2, 0.25) is 2.14 Å². The van der Waals surface area contributed by atoms with E-state index in [1.54, 1.807) is 8.56 Å². The fourth-order valence-electron chi connectivity index (χ4n) is 0.440. The Morgan fingerprint density at radius 3 is 2.50 bits per heavy atom. The summed E-state index contributed by atoms with van der Waals surface area (Å²) in [6.45, 7) is 0. The SMILES string of the molecule is C1C[CH2][Sm][S]C1. The van der Waals surface area contributed by atoms with Gasteiger partial charge in [-0.25, -0.2) is 0 Å². The van der Waals surface area contributed by atoms with Gasteiger partial charge in [0.2, 0.25) is 0 Å². The van der Waals surface area contributed by atoms with Crippen molar-refractivity contribution in [1.82, 2.24) is 0 Å². The van der Waals surface area contributed by atoms with Crippen LogP contribution in [0.4, 0.5) is 0 Å². The van der Waals surface area contributed by atoms with Crippen molar-refractivity contribution in [3.05, 3.63) is 0 Å². The van der Waals surface area contributed by atoms with Crippen molar-refractivity contribution in [3.8, 4) is 0 Å². The zero-order valence-electron chi connectivity index (χ0n) is 3.64. The molecule has 0 atom stereocenters. The fourth-order valence-corrected chi connectivity index (χ4v) is 6.31. The van der Waals surface area contributed by atoms with Crippen LogP contribution < -0.4 is 0 Å². The van der Waals surface area contributed by atoms with E-state index in [9.17, 15) is 0 Å². The fraction of sp³-hybridized carbons (Fsp3) is 1.00. The summed E-state index contributed by atoms with van der Waals surface area (Å²) in [5.41, 5.74) is 0. The van der Waals surface area contributed by atoms with E-state index in [1.807, 2.05) is 0 Å². The molecule has 0 nitrogen and oxygen atoms in total. The van der Waals surface area contributed by atoms with Gasteiger partial charge < -0.3 is 0 Å².